The molecule has 2 aromatic heterocycles. The average molecular weight is 401 g/mol. The molecule has 0 aliphatic carbocycles. The van der Waals surface area contributed by atoms with Crippen LogP contribution in [0.1, 0.15) is 27.3 Å². The topological polar surface area (TPSA) is 43.1 Å². The minimum Gasteiger partial charge on any atom is -0.337 e. The number of aromatic nitrogens is 3. The third-order valence-electron chi connectivity index (χ3n) is 4.25. The van der Waals surface area contributed by atoms with Gasteiger partial charge in [-0.15, -0.1) is 0 Å². The quantitative estimate of drug-likeness (QED) is 0.666. The van der Waals surface area contributed by atoms with Gasteiger partial charge in [0, 0.05) is 53.9 Å². The molecule has 0 aliphatic heterocycles. The summed E-state index contributed by atoms with van der Waals surface area (Å²) in [5, 5.41) is 4.16. The van der Waals surface area contributed by atoms with Crippen LogP contribution in [0.3, 0.4) is 0 Å². The number of hydrogen-bond donors (Lipinski definition) is 0. The lowest BCUT2D eigenvalue weighted by Gasteiger charge is -2.16. The Kier molecular flexibility index (Phi) is 4.81. The molecule has 0 saturated carbocycles. The van der Waals surface area contributed by atoms with E-state index in [0.29, 0.717) is 6.54 Å². The Morgan fingerprint density at radius 3 is 2.68 bits per heavy atom. The van der Waals surface area contributed by atoms with Gasteiger partial charge in [-0.25, -0.2) is 0 Å². The molecule has 2 heterocycles. The van der Waals surface area contributed by atoms with Crippen LogP contribution in [0.4, 0.5) is 0 Å². The molecule has 0 fully saturated rings. The Balaban J connectivity index is 1.90. The molecule has 5 nitrogen and oxygen atoms in total. The number of amides is 1. The van der Waals surface area contributed by atoms with Gasteiger partial charge < -0.3 is 9.47 Å². The van der Waals surface area contributed by atoms with Crippen molar-refractivity contribution in [2.75, 3.05) is 7.05 Å². The van der Waals surface area contributed by atoms with E-state index in [-0.39, 0.29) is 5.91 Å². The number of nitrogens with zero attached hydrogens (tertiary/aromatic N) is 4. The number of benzene rings is 1. The Bertz CT molecular complexity index is 925. The summed E-state index contributed by atoms with van der Waals surface area (Å²) in [6, 6.07) is 10.0. The smallest absolute Gasteiger partial charge is 0.255 e. The second kappa shape index (κ2) is 6.88. The number of halogens is 1. The van der Waals surface area contributed by atoms with Crippen LogP contribution >= 0.6 is 15.9 Å². The highest BCUT2D eigenvalue weighted by Gasteiger charge is 2.20. The minimum atomic E-state index is 0.0122. The van der Waals surface area contributed by atoms with Crippen molar-refractivity contribution in [3.05, 3.63) is 69.7 Å². The molecule has 130 valence electrons. The number of carbonyl (C=O) groups excluding carboxylic acids is 1. The fraction of sp³-hybridized carbons (Fsp3) is 0.263. The van der Waals surface area contributed by atoms with E-state index in [0.717, 1.165) is 32.7 Å². The molecule has 1 amide bonds. The molecule has 0 atom stereocenters. The Hall–Kier alpha value is -2.34. The van der Waals surface area contributed by atoms with Gasteiger partial charge in [-0.3, -0.25) is 9.48 Å². The summed E-state index contributed by atoms with van der Waals surface area (Å²) in [5.74, 6) is 0.0122. The molecule has 0 saturated heterocycles. The Morgan fingerprint density at radius 1 is 1.28 bits per heavy atom. The zero-order chi connectivity index (χ0) is 18.1. The predicted octanol–water partition coefficient (Wildman–Crippen LogP) is 3.86. The van der Waals surface area contributed by atoms with Crippen LogP contribution in [0.15, 0.2) is 47.2 Å². The molecular weight excluding hydrogens is 380 g/mol. The molecule has 0 bridgehead atoms. The average Bonchev–Trinajstić information content (AvgIpc) is 3.09. The van der Waals surface area contributed by atoms with E-state index in [1.165, 1.54) is 0 Å². The second-order valence-electron chi connectivity index (χ2n) is 6.28. The first-order valence-electron chi connectivity index (χ1n) is 8.04. The van der Waals surface area contributed by atoms with E-state index in [1.54, 1.807) is 15.8 Å². The van der Waals surface area contributed by atoms with Crippen molar-refractivity contribution < 1.29 is 4.79 Å². The maximum atomic E-state index is 12.9. The standard InChI is InChI=1S/C19H21BrN4O/c1-13-8-18(14(2)24(13)17-7-5-6-16(20)9-17)19(25)22(3)11-15-10-21-23(4)12-15/h5-10,12H,11H2,1-4H3. The van der Waals surface area contributed by atoms with Crippen molar-refractivity contribution in [1.29, 1.82) is 0 Å². The van der Waals surface area contributed by atoms with Crippen molar-refractivity contribution in [2.45, 2.75) is 20.4 Å². The molecule has 0 aliphatic rings. The van der Waals surface area contributed by atoms with Crippen LogP contribution < -0.4 is 0 Å². The summed E-state index contributed by atoms with van der Waals surface area (Å²) >= 11 is 3.51. The van der Waals surface area contributed by atoms with Crippen molar-refractivity contribution in [3.63, 3.8) is 0 Å². The first-order chi connectivity index (χ1) is 11.9. The van der Waals surface area contributed by atoms with Gasteiger partial charge in [0.1, 0.15) is 0 Å². The molecular formula is C19H21BrN4O. The van der Waals surface area contributed by atoms with Crippen LogP contribution in [0.2, 0.25) is 0 Å². The Morgan fingerprint density at radius 2 is 2.04 bits per heavy atom. The van der Waals surface area contributed by atoms with Gasteiger partial charge in [0.2, 0.25) is 0 Å². The summed E-state index contributed by atoms with van der Waals surface area (Å²) in [7, 11) is 3.69. The summed E-state index contributed by atoms with van der Waals surface area (Å²) in [4.78, 5) is 14.6. The highest BCUT2D eigenvalue weighted by atomic mass is 79.9. The van der Waals surface area contributed by atoms with Crippen LogP contribution in [-0.2, 0) is 13.6 Å². The maximum absolute atomic E-state index is 12.9. The first-order valence-corrected chi connectivity index (χ1v) is 8.84. The number of hydrogen-bond acceptors (Lipinski definition) is 2. The van der Waals surface area contributed by atoms with Gasteiger partial charge in [-0.05, 0) is 38.1 Å². The van der Waals surface area contributed by atoms with Gasteiger partial charge in [0.25, 0.3) is 5.91 Å². The van der Waals surface area contributed by atoms with Crippen molar-refractivity contribution in [2.24, 2.45) is 7.05 Å². The fourth-order valence-corrected chi connectivity index (χ4v) is 3.48. The highest BCUT2D eigenvalue weighted by molar-refractivity contribution is 9.10. The van der Waals surface area contributed by atoms with Gasteiger partial charge >= 0.3 is 0 Å². The lowest BCUT2D eigenvalue weighted by molar-refractivity contribution is 0.0784. The molecule has 0 N–H and O–H groups in total. The molecule has 3 rings (SSSR count). The zero-order valence-corrected chi connectivity index (χ0v) is 16.4. The predicted molar refractivity (Wildman–Crippen MR) is 102 cm³/mol. The molecule has 0 unspecified atom stereocenters. The largest absolute Gasteiger partial charge is 0.337 e. The van der Waals surface area contributed by atoms with Gasteiger partial charge in [0.05, 0.1) is 11.8 Å². The summed E-state index contributed by atoms with van der Waals surface area (Å²) in [6.07, 6.45) is 3.71. The zero-order valence-electron chi connectivity index (χ0n) is 14.8. The van der Waals surface area contributed by atoms with E-state index in [2.05, 4.69) is 25.6 Å². The van der Waals surface area contributed by atoms with E-state index >= 15 is 0 Å². The lowest BCUT2D eigenvalue weighted by atomic mass is 10.2. The molecule has 3 aromatic rings. The highest BCUT2D eigenvalue weighted by Crippen LogP contribution is 2.24. The summed E-state index contributed by atoms with van der Waals surface area (Å²) < 4.78 is 4.86. The number of rotatable bonds is 4. The fourth-order valence-electron chi connectivity index (χ4n) is 3.10. The van der Waals surface area contributed by atoms with E-state index in [4.69, 9.17) is 0 Å². The SMILES string of the molecule is Cc1cc(C(=O)N(C)Cc2cnn(C)c2)c(C)n1-c1cccc(Br)c1. The van der Waals surface area contributed by atoms with Crippen molar-refractivity contribution >= 4 is 21.8 Å². The summed E-state index contributed by atoms with van der Waals surface area (Å²) in [6.45, 7) is 4.54. The molecule has 6 heteroatoms. The van der Waals surface area contributed by atoms with Crippen molar-refractivity contribution in [3.8, 4) is 5.69 Å². The van der Waals surface area contributed by atoms with E-state index in [1.807, 2.05) is 64.5 Å². The minimum absolute atomic E-state index is 0.0122. The third kappa shape index (κ3) is 3.54. The monoisotopic (exact) mass is 400 g/mol. The maximum Gasteiger partial charge on any atom is 0.255 e. The van der Waals surface area contributed by atoms with Crippen LogP contribution in [0, 0.1) is 13.8 Å². The number of aryl methyl sites for hydroxylation is 2. The molecule has 25 heavy (non-hydrogen) atoms. The van der Waals surface area contributed by atoms with Gasteiger partial charge in [-0.2, -0.15) is 5.10 Å². The molecule has 0 radical (unpaired) electrons. The molecule has 0 spiro atoms. The van der Waals surface area contributed by atoms with Crippen LogP contribution in [0.5, 0.6) is 0 Å². The molecule has 1 aromatic carbocycles. The van der Waals surface area contributed by atoms with E-state index in [9.17, 15) is 4.79 Å². The third-order valence-corrected chi connectivity index (χ3v) is 4.75. The number of carbonyl (C=O) groups is 1. The Labute approximate surface area is 156 Å². The van der Waals surface area contributed by atoms with E-state index < -0.39 is 0 Å². The second-order valence-corrected chi connectivity index (χ2v) is 7.20. The van der Waals surface area contributed by atoms with Gasteiger partial charge in [0.15, 0.2) is 0 Å². The van der Waals surface area contributed by atoms with Crippen LogP contribution in [0.25, 0.3) is 5.69 Å². The summed E-state index contributed by atoms with van der Waals surface area (Å²) in [5.41, 5.74) is 4.76. The van der Waals surface area contributed by atoms with Gasteiger partial charge in [-0.1, -0.05) is 22.0 Å². The lowest BCUT2D eigenvalue weighted by Crippen LogP contribution is -2.26. The van der Waals surface area contributed by atoms with Crippen molar-refractivity contribution in [1.82, 2.24) is 19.2 Å². The first kappa shape index (κ1) is 17.5. The normalized spacial score (nSPS) is 10.9. The van der Waals surface area contributed by atoms with Crippen LogP contribution in [-0.4, -0.2) is 32.2 Å².